The summed E-state index contributed by atoms with van der Waals surface area (Å²) in [5.74, 6) is 0.717. The summed E-state index contributed by atoms with van der Waals surface area (Å²) >= 11 is 0. The average Bonchev–Trinajstić information content (AvgIpc) is 3.08. The molecule has 19 heavy (non-hydrogen) atoms. The number of hydrogen-bond donors (Lipinski definition) is 2. The number of halogens is 1. The molecule has 1 unspecified atom stereocenters. The first-order chi connectivity index (χ1) is 8.46. The second kappa shape index (κ2) is 5.80. The highest BCUT2D eigenvalue weighted by Gasteiger charge is 2.46. The lowest BCUT2D eigenvalue weighted by atomic mass is 10.0. The Hall–Kier alpha value is -1.26. The van der Waals surface area contributed by atoms with E-state index in [-0.39, 0.29) is 24.4 Å². The van der Waals surface area contributed by atoms with Gasteiger partial charge in [0.05, 0.1) is 18.7 Å². The standard InChI is InChI=1S/C14H20N2O2.ClH/c1-9-4-5-12(18-3)11(8-9)10(2)16-13(17)14(15)6-7-14;/h4-5,8,10H,6-7,15H2,1-3H3,(H,16,17);1H. The van der Waals surface area contributed by atoms with E-state index >= 15 is 0 Å². The third-order valence-electron chi connectivity index (χ3n) is 3.44. The second-order valence-corrected chi connectivity index (χ2v) is 5.10. The van der Waals surface area contributed by atoms with Gasteiger partial charge in [-0.3, -0.25) is 4.79 Å². The summed E-state index contributed by atoms with van der Waals surface area (Å²) in [5, 5.41) is 2.96. The molecule has 0 aromatic heterocycles. The van der Waals surface area contributed by atoms with E-state index in [0.29, 0.717) is 0 Å². The minimum absolute atomic E-state index is 0. The summed E-state index contributed by atoms with van der Waals surface area (Å²) in [6.07, 6.45) is 1.55. The molecule has 0 bridgehead atoms. The van der Waals surface area contributed by atoms with Crippen molar-refractivity contribution in [2.75, 3.05) is 7.11 Å². The first-order valence-corrected chi connectivity index (χ1v) is 6.21. The van der Waals surface area contributed by atoms with Crippen molar-refractivity contribution in [1.29, 1.82) is 0 Å². The Morgan fingerprint density at radius 1 is 1.47 bits per heavy atom. The maximum Gasteiger partial charge on any atom is 0.240 e. The Morgan fingerprint density at radius 2 is 2.11 bits per heavy atom. The molecule has 1 saturated carbocycles. The molecule has 0 heterocycles. The van der Waals surface area contributed by atoms with E-state index in [2.05, 4.69) is 5.32 Å². The maximum atomic E-state index is 11.9. The molecular weight excluding hydrogens is 264 g/mol. The molecule has 1 aromatic carbocycles. The highest BCUT2D eigenvalue weighted by atomic mass is 35.5. The number of benzene rings is 1. The summed E-state index contributed by atoms with van der Waals surface area (Å²) < 4.78 is 5.32. The van der Waals surface area contributed by atoms with Crippen LogP contribution in [0.1, 0.15) is 36.9 Å². The Labute approximate surface area is 120 Å². The molecule has 1 amide bonds. The van der Waals surface area contributed by atoms with Gasteiger partial charge in [0.1, 0.15) is 5.75 Å². The van der Waals surface area contributed by atoms with Gasteiger partial charge in [-0.15, -0.1) is 12.4 Å². The van der Waals surface area contributed by atoms with Gasteiger partial charge in [-0.2, -0.15) is 0 Å². The van der Waals surface area contributed by atoms with Crippen molar-refractivity contribution in [3.8, 4) is 5.75 Å². The highest BCUT2D eigenvalue weighted by Crippen LogP contribution is 2.33. The topological polar surface area (TPSA) is 64.3 Å². The van der Waals surface area contributed by atoms with Gasteiger partial charge >= 0.3 is 0 Å². The molecule has 1 atom stereocenters. The molecule has 3 N–H and O–H groups in total. The number of hydrogen-bond acceptors (Lipinski definition) is 3. The predicted molar refractivity (Wildman–Crippen MR) is 77.7 cm³/mol. The van der Waals surface area contributed by atoms with E-state index in [1.54, 1.807) is 7.11 Å². The number of carbonyl (C=O) groups excluding carboxylic acids is 1. The first-order valence-electron chi connectivity index (χ1n) is 6.21. The predicted octanol–water partition coefficient (Wildman–Crippen LogP) is 2.09. The number of methoxy groups -OCH3 is 1. The van der Waals surface area contributed by atoms with E-state index in [4.69, 9.17) is 10.5 Å². The minimum atomic E-state index is -0.634. The molecule has 4 nitrogen and oxygen atoms in total. The van der Waals surface area contributed by atoms with Crippen LogP contribution in [0.15, 0.2) is 18.2 Å². The van der Waals surface area contributed by atoms with Crippen LogP contribution < -0.4 is 15.8 Å². The smallest absolute Gasteiger partial charge is 0.240 e. The van der Waals surface area contributed by atoms with Gasteiger partial charge in [0, 0.05) is 5.56 Å². The quantitative estimate of drug-likeness (QED) is 0.890. The molecule has 5 heteroatoms. The van der Waals surface area contributed by atoms with Gasteiger partial charge in [0.15, 0.2) is 0 Å². The van der Waals surface area contributed by atoms with Crippen molar-refractivity contribution >= 4 is 18.3 Å². The van der Waals surface area contributed by atoms with Crippen molar-refractivity contribution in [1.82, 2.24) is 5.32 Å². The van der Waals surface area contributed by atoms with Crippen molar-refractivity contribution in [2.24, 2.45) is 5.73 Å². The van der Waals surface area contributed by atoms with E-state index in [9.17, 15) is 4.79 Å². The normalized spacial score (nSPS) is 17.1. The molecule has 1 aromatic rings. The van der Waals surface area contributed by atoms with Crippen LogP contribution in [0.5, 0.6) is 5.75 Å². The van der Waals surface area contributed by atoms with Crippen LogP contribution in [0.25, 0.3) is 0 Å². The lowest BCUT2D eigenvalue weighted by molar-refractivity contribution is -0.123. The van der Waals surface area contributed by atoms with Crippen LogP contribution in [0.4, 0.5) is 0 Å². The van der Waals surface area contributed by atoms with Crippen LogP contribution in [-0.2, 0) is 4.79 Å². The zero-order chi connectivity index (χ0) is 13.3. The zero-order valence-electron chi connectivity index (χ0n) is 11.5. The van der Waals surface area contributed by atoms with E-state index in [1.807, 2.05) is 32.0 Å². The van der Waals surface area contributed by atoms with Crippen LogP contribution in [-0.4, -0.2) is 18.6 Å². The van der Waals surface area contributed by atoms with Crippen molar-refractivity contribution in [3.05, 3.63) is 29.3 Å². The van der Waals surface area contributed by atoms with E-state index in [0.717, 1.165) is 29.7 Å². The summed E-state index contributed by atoms with van der Waals surface area (Å²) in [6.45, 7) is 3.96. The summed E-state index contributed by atoms with van der Waals surface area (Å²) in [4.78, 5) is 11.9. The lowest BCUT2D eigenvalue weighted by Gasteiger charge is -2.20. The maximum absolute atomic E-state index is 11.9. The third-order valence-corrected chi connectivity index (χ3v) is 3.44. The molecule has 0 spiro atoms. The van der Waals surface area contributed by atoms with E-state index < -0.39 is 5.54 Å². The van der Waals surface area contributed by atoms with Crippen molar-refractivity contribution in [2.45, 2.75) is 38.3 Å². The number of amides is 1. The number of nitrogens with one attached hydrogen (secondary N) is 1. The number of ether oxygens (including phenoxy) is 1. The number of rotatable bonds is 4. The fourth-order valence-corrected chi connectivity index (χ4v) is 1.97. The molecule has 0 aliphatic heterocycles. The molecular formula is C14H21ClN2O2. The minimum Gasteiger partial charge on any atom is -0.496 e. The van der Waals surface area contributed by atoms with Gasteiger partial charge in [0.25, 0.3) is 0 Å². The zero-order valence-corrected chi connectivity index (χ0v) is 12.3. The molecule has 0 saturated heterocycles. The summed E-state index contributed by atoms with van der Waals surface area (Å²) in [7, 11) is 1.63. The van der Waals surface area contributed by atoms with E-state index in [1.165, 1.54) is 0 Å². The Kier molecular flexibility index (Phi) is 4.82. The van der Waals surface area contributed by atoms with Crippen LogP contribution in [0.3, 0.4) is 0 Å². The summed E-state index contributed by atoms with van der Waals surface area (Å²) in [6, 6.07) is 5.83. The number of aryl methyl sites for hydroxylation is 1. The SMILES string of the molecule is COc1ccc(C)cc1C(C)NC(=O)C1(N)CC1.Cl. The lowest BCUT2D eigenvalue weighted by Crippen LogP contribution is -2.43. The Morgan fingerprint density at radius 3 is 2.63 bits per heavy atom. The van der Waals surface area contributed by atoms with Gasteiger partial charge in [0.2, 0.25) is 5.91 Å². The fraction of sp³-hybridized carbons (Fsp3) is 0.500. The molecule has 106 valence electrons. The third kappa shape index (κ3) is 3.39. The number of nitrogens with two attached hydrogens (primary N) is 1. The number of carbonyl (C=O) groups is 1. The average molecular weight is 285 g/mol. The molecule has 1 aliphatic rings. The molecule has 1 fully saturated rings. The monoisotopic (exact) mass is 284 g/mol. The van der Waals surface area contributed by atoms with Crippen LogP contribution in [0, 0.1) is 6.92 Å². The fourth-order valence-electron chi connectivity index (χ4n) is 1.97. The second-order valence-electron chi connectivity index (χ2n) is 5.10. The van der Waals surface area contributed by atoms with Gasteiger partial charge < -0.3 is 15.8 Å². The van der Waals surface area contributed by atoms with Gasteiger partial charge in [-0.1, -0.05) is 17.7 Å². The van der Waals surface area contributed by atoms with Crippen molar-refractivity contribution in [3.63, 3.8) is 0 Å². The highest BCUT2D eigenvalue weighted by molar-refractivity contribution is 5.89. The van der Waals surface area contributed by atoms with Gasteiger partial charge in [-0.05, 0) is 32.8 Å². The summed E-state index contributed by atoms with van der Waals surface area (Å²) in [5.41, 5.74) is 7.36. The first kappa shape index (κ1) is 15.8. The van der Waals surface area contributed by atoms with Gasteiger partial charge in [-0.25, -0.2) is 0 Å². The van der Waals surface area contributed by atoms with Crippen molar-refractivity contribution < 1.29 is 9.53 Å². The van der Waals surface area contributed by atoms with Crippen LogP contribution in [0.2, 0.25) is 0 Å². The molecule has 2 rings (SSSR count). The van der Waals surface area contributed by atoms with Crippen LogP contribution >= 0.6 is 12.4 Å². The largest absolute Gasteiger partial charge is 0.496 e. The molecule has 0 radical (unpaired) electrons. The Balaban J connectivity index is 0.00000180. The Bertz CT molecular complexity index is 473. The molecule has 1 aliphatic carbocycles.